The molecule has 0 saturated carbocycles. The van der Waals surface area contributed by atoms with Crippen LogP contribution < -0.4 is 11.1 Å². The number of hydrogen-bond donors (Lipinski definition) is 2. The molecule has 0 aliphatic heterocycles. The monoisotopic (exact) mass is 269 g/mol. The minimum Gasteiger partial charge on any atom is -0.330 e. The van der Waals surface area contributed by atoms with Gasteiger partial charge >= 0.3 is 0 Å². The molecule has 0 atom stereocenters. The summed E-state index contributed by atoms with van der Waals surface area (Å²) >= 11 is 1.71. The lowest BCUT2D eigenvalue weighted by atomic mass is 9.84. The quantitative estimate of drug-likeness (QED) is 0.713. The van der Waals surface area contributed by atoms with Gasteiger partial charge in [0.15, 0.2) is 0 Å². The maximum Gasteiger partial charge on any atom is 0.112 e. The molecule has 104 valence electrons. The molecule has 4 heteroatoms. The van der Waals surface area contributed by atoms with Crippen molar-refractivity contribution in [3.8, 4) is 0 Å². The molecule has 3 N–H and O–H groups in total. The number of thiazole rings is 1. The molecular weight excluding hydrogens is 242 g/mol. The van der Waals surface area contributed by atoms with Gasteiger partial charge in [0.2, 0.25) is 0 Å². The van der Waals surface area contributed by atoms with E-state index in [9.17, 15) is 0 Å². The lowest BCUT2D eigenvalue weighted by molar-refractivity contribution is 0.291. The molecule has 0 fully saturated rings. The number of rotatable bonds is 8. The Bertz CT molecular complexity index is 331. The summed E-state index contributed by atoms with van der Waals surface area (Å²) in [5.41, 5.74) is 5.97. The van der Waals surface area contributed by atoms with E-state index in [0.717, 1.165) is 24.5 Å². The highest BCUT2D eigenvalue weighted by Crippen LogP contribution is 2.26. The van der Waals surface area contributed by atoms with E-state index in [1.807, 2.05) is 11.6 Å². The zero-order valence-electron chi connectivity index (χ0n) is 12.1. The molecule has 0 bridgehead atoms. The van der Waals surface area contributed by atoms with Crippen LogP contribution in [0.1, 0.15) is 52.0 Å². The van der Waals surface area contributed by atoms with Crippen LogP contribution in [0.2, 0.25) is 0 Å². The molecule has 0 radical (unpaired) electrons. The van der Waals surface area contributed by atoms with Crippen molar-refractivity contribution in [2.24, 2.45) is 11.1 Å². The summed E-state index contributed by atoms with van der Waals surface area (Å²) in [7, 11) is 0. The maximum atomic E-state index is 5.63. The molecule has 1 rings (SSSR count). The van der Waals surface area contributed by atoms with Gasteiger partial charge in [0.25, 0.3) is 0 Å². The second kappa shape index (κ2) is 6.64. The van der Waals surface area contributed by atoms with Gasteiger partial charge in [-0.25, -0.2) is 4.98 Å². The third kappa shape index (κ3) is 5.04. The van der Waals surface area contributed by atoms with E-state index in [4.69, 9.17) is 5.73 Å². The fourth-order valence-corrected chi connectivity index (χ4v) is 2.83. The predicted octanol–water partition coefficient (Wildman–Crippen LogP) is 3.12. The first-order valence-corrected chi connectivity index (χ1v) is 7.60. The molecule has 1 aromatic rings. The largest absolute Gasteiger partial charge is 0.330 e. The average molecular weight is 269 g/mol. The minimum absolute atomic E-state index is 0.0216. The van der Waals surface area contributed by atoms with Gasteiger partial charge in [-0.15, -0.1) is 11.3 Å². The first-order chi connectivity index (χ1) is 8.37. The fraction of sp³-hybridized carbons (Fsp3) is 0.786. The van der Waals surface area contributed by atoms with Crippen molar-refractivity contribution in [2.75, 3.05) is 13.1 Å². The predicted molar refractivity (Wildman–Crippen MR) is 79.8 cm³/mol. The third-order valence-corrected chi connectivity index (χ3v) is 4.48. The fourth-order valence-electron chi connectivity index (χ4n) is 2.09. The van der Waals surface area contributed by atoms with Crippen molar-refractivity contribution >= 4 is 11.3 Å². The summed E-state index contributed by atoms with van der Waals surface area (Å²) in [6.07, 6.45) is 5.36. The first kappa shape index (κ1) is 15.6. The van der Waals surface area contributed by atoms with Gasteiger partial charge in [-0.05, 0) is 51.6 Å². The van der Waals surface area contributed by atoms with Crippen molar-refractivity contribution in [1.29, 1.82) is 0 Å². The van der Waals surface area contributed by atoms with E-state index in [2.05, 4.69) is 38.0 Å². The van der Waals surface area contributed by atoms with Crippen LogP contribution in [0.25, 0.3) is 0 Å². The van der Waals surface area contributed by atoms with E-state index >= 15 is 0 Å². The van der Waals surface area contributed by atoms with Crippen molar-refractivity contribution in [2.45, 2.75) is 52.5 Å². The number of nitrogens with zero attached hydrogens (tertiary/aromatic N) is 1. The Morgan fingerprint density at radius 3 is 2.56 bits per heavy atom. The Morgan fingerprint density at radius 1 is 1.28 bits per heavy atom. The van der Waals surface area contributed by atoms with E-state index in [-0.39, 0.29) is 5.54 Å². The molecule has 0 aliphatic rings. The standard InChI is InChI=1S/C14H27N3S/c1-13(2,7-8-15)6-5-9-17-14(3,4)12-16-10-11-18-12/h10-11,17H,5-9,15H2,1-4H3. The van der Waals surface area contributed by atoms with E-state index in [0.29, 0.717) is 5.41 Å². The Morgan fingerprint density at radius 2 is 2.00 bits per heavy atom. The van der Waals surface area contributed by atoms with Crippen LogP contribution in [0.3, 0.4) is 0 Å². The van der Waals surface area contributed by atoms with Crippen LogP contribution in [-0.4, -0.2) is 18.1 Å². The number of nitrogens with one attached hydrogen (secondary N) is 1. The first-order valence-electron chi connectivity index (χ1n) is 6.72. The van der Waals surface area contributed by atoms with Gasteiger partial charge in [-0.3, -0.25) is 0 Å². The summed E-state index contributed by atoms with van der Waals surface area (Å²) in [6, 6.07) is 0. The highest BCUT2D eigenvalue weighted by molar-refractivity contribution is 7.09. The zero-order chi connectivity index (χ0) is 13.6. The average Bonchev–Trinajstić information content (AvgIpc) is 2.78. The molecule has 0 saturated heterocycles. The van der Waals surface area contributed by atoms with Crippen LogP contribution in [0.15, 0.2) is 11.6 Å². The summed E-state index contributed by atoms with van der Waals surface area (Å²) in [4.78, 5) is 4.38. The molecule has 1 aromatic heterocycles. The van der Waals surface area contributed by atoms with Gasteiger partial charge < -0.3 is 11.1 Å². The van der Waals surface area contributed by atoms with Gasteiger partial charge in [0.1, 0.15) is 5.01 Å². The molecule has 1 heterocycles. The van der Waals surface area contributed by atoms with Crippen LogP contribution in [0.4, 0.5) is 0 Å². The smallest absolute Gasteiger partial charge is 0.112 e. The molecule has 0 aromatic carbocycles. The summed E-state index contributed by atoms with van der Waals surface area (Å²) < 4.78 is 0. The van der Waals surface area contributed by atoms with Gasteiger partial charge in [-0.2, -0.15) is 0 Å². The second-order valence-corrected chi connectivity index (χ2v) is 7.09. The molecule has 0 aliphatic carbocycles. The highest BCUT2D eigenvalue weighted by atomic mass is 32.1. The van der Waals surface area contributed by atoms with E-state index < -0.39 is 0 Å². The van der Waals surface area contributed by atoms with Crippen molar-refractivity contribution < 1.29 is 0 Å². The van der Waals surface area contributed by atoms with E-state index in [1.165, 1.54) is 12.8 Å². The van der Waals surface area contributed by atoms with Crippen molar-refractivity contribution in [1.82, 2.24) is 10.3 Å². The van der Waals surface area contributed by atoms with Crippen LogP contribution in [-0.2, 0) is 5.54 Å². The topological polar surface area (TPSA) is 50.9 Å². The number of hydrogen-bond acceptors (Lipinski definition) is 4. The summed E-state index contributed by atoms with van der Waals surface area (Å²) in [6.45, 7) is 10.8. The van der Waals surface area contributed by atoms with Crippen LogP contribution in [0, 0.1) is 5.41 Å². The number of aromatic nitrogens is 1. The van der Waals surface area contributed by atoms with Gasteiger partial charge in [0.05, 0.1) is 5.54 Å². The lowest BCUT2D eigenvalue weighted by Crippen LogP contribution is -2.37. The van der Waals surface area contributed by atoms with Crippen molar-refractivity contribution in [3.05, 3.63) is 16.6 Å². The Balaban J connectivity index is 2.30. The SMILES string of the molecule is CC(C)(CCN)CCCNC(C)(C)c1nccs1. The molecule has 0 unspecified atom stereocenters. The highest BCUT2D eigenvalue weighted by Gasteiger charge is 2.22. The normalized spacial score (nSPS) is 12.9. The molecular formula is C14H27N3S. The van der Waals surface area contributed by atoms with Crippen LogP contribution >= 0.6 is 11.3 Å². The summed E-state index contributed by atoms with van der Waals surface area (Å²) in [5.74, 6) is 0. The third-order valence-electron chi connectivity index (χ3n) is 3.39. The molecule has 0 spiro atoms. The van der Waals surface area contributed by atoms with Crippen molar-refractivity contribution in [3.63, 3.8) is 0 Å². The second-order valence-electron chi connectivity index (χ2n) is 6.20. The number of nitrogens with two attached hydrogens (primary N) is 1. The van der Waals surface area contributed by atoms with Crippen LogP contribution in [0.5, 0.6) is 0 Å². The zero-order valence-corrected chi connectivity index (χ0v) is 12.9. The minimum atomic E-state index is -0.0216. The van der Waals surface area contributed by atoms with Gasteiger partial charge in [-0.1, -0.05) is 13.8 Å². The molecule has 0 amide bonds. The maximum absolute atomic E-state index is 5.63. The lowest BCUT2D eigenvalue weighted by Gasteiger charge is -2.27. The Labute approximate surface area is 115 Å². The molecule has 3 nitrogen and oxygen atoms in total. The van der Waals surface area contributed by atoms with E-state index in [1.54, 1.807) is 11.3 Å². The van der Waals surface area contributed by atoms with Gasteiger partial charge in [0, 0.05) is 11.6 Å². The molecule has 18 heavy (non-hydrogen) atoms. The Kier molecular flexibility index (Phi) is 5.76. The Hall–Kier alpha value is -0.450. The summed E-state index contributed by atoms with van der Waals surface area (Å²) in [5, 5.41) is 6.78.